The molecule has 0 saturated heterocycles. The van der Waals surface area contributed by atoms with Gasteiger partial charge in [-0.05, 0) is 42.5 Å². The molecule has 20 heavy (non-hydrogen) atoms. The lowest BCUT2D eigenvalue weighted by Gasteiger charge is -2.06. The van der Waals surface area contributed by atoms with Crippen LogP contribution in [0.4, 0.5) is 5.69 Å². The molecule has 0 aromatic heterocycles. The first kappa shape index (κ1) is 14.0. The first-order valence-corrected chi connectivity index (χ1v) is 6.61. The van der Waals surface area contributed by atoms with E-state index < -0.39 is 5.97 Å². The van der Waals surface area contributed by atoms with Crippen LogP contribution >= 0.6 is 11.8 Å². The lowest BCUT2D eigenvalue weighted by Crippen LogP contribution is -2.03. The minimum Gasteiger partial charge on any atom is -0.465 e. The zero-order valence-corrected chi connectivity index (χ0v) is 11.6. The van der Waals surface area contributed by atoms with Crippen LogP contribution in [0.2, 0.25) is 0 Å². The minimum absolute atomic E-state index is 0.275. The van der Waals surface area contributed by atoms with Gasteiger partial charge in [-0.1, -0.05) is 11.8 Å². The molecule has 5 heteroatoms. The molecular weight excluding hydrogens is 272 g/mol. The molecule has 4 nitrogen and oxygen atoms in total. The minimum atomic E-state index is -0.509. The summed E-state index contributed by atoms with van der Waals surface area (Å²) in [4.78, 5) is 13.4. The van der Waals surface area contributed by atoms with Crippen LogP contribution in [0.5, 0.6) is 0 Å². The molecule has 0 unspecified atom stereocenters. The summed E-state index contributed by atoms with van der Waals surface area (Å²) < 4.78 is 4.64. The third-order valence-corrected chi connectivity index (χ3v) is 3.63. The maximum atomic E-state index is 11.5. The predicted octanol–water partition coefficient (Wildman–Crippen LogP) is 3.08. The van der Waals surface area contributed by atoms with Crippen molar-refractivity contribution >= 4 is 23.4 Å². The van der Waals surface area contributed by atoms with Gasteiger partial charge in [0.1, 0.15) is 6.07 Å². The molecule has 0 aliphatic heterocycles. The fraction of sp³-hybridized carbons (Fsp3) is 0.0667. The van der Waals surface area contributed by atoms with Gasteiger partial charge in [0, 0.05) is 15.5 Å². The number of methoxy groups -OCH3 is 1. The Hall–Kier alpha value is -2.45. The van der Waals surface area contributed by atoms with Crippen molar-refractivity contribution in [3.8, 4) is 6.07 Å². The average molecular weight is 284 g/mol. The van der Waals surface area contributed by atoms with Crippen molar-refractivity contribution in [3.05, 3.63) is 53.6 Å². The van der Waals surface area contributed by atoms with Crippen LogP contribution in [0.1, 0.15) is 15.9 Å². The quantitative estimate of drug-likeness (QED) is 0.692. The number of carbonyl (C=O) groups excluding carboxylic acids is 1. The zero-order chi connectivity index (χ0) is 14.5. The van der Waals surface area contributed by atoms with Crippen molar-refractivity contribution in [1.29, 1.82) is 5.26 Å². The second-order valence-electron chi connectivity index (χ2n) is 3.98. The van der Waals surface area contributed by atoms with E-state index in [1.807, 2.05) is 30.3 Å². The molecule has 2 aromatic rings. The number of nitrogens with zero attached hydrogens (tertiary/aromatic N) is 1. The van der Waals surface area contributed by atoms with E-state index in [-0.39, 0.29) is 5.56 Å². The lowest BCUT2D eigenvalue weighted by molar-refractivity contribution is 0.0600. The lowest BCUT2D eigenvalue weighted by atomic mass is 10.1. The van der Waals surface area contributed by atoms with Gasteiger partial charge in [0.25, 0.3) is 0 Å². The van der Waals surface area contributed by atoms with Gasteiger partial charge in [-0.25, -0.2) is 4.79 Å². The summed E-state index contributed by atoms with van der Waals surface area (Å²) in [7, 11) is 1.29. The number of hydrogen-bond acceptors (Lipinski definition) is 5. The highest BCUT2D eigenvalue weighted by molar-refractivity contribution is 7.99. The van der Waals surface area contributed by atoms with Crippen LogP contribution in [-0.2, 0) is 4.74 Å². The normalized spacial score (nSPS) is 9.80. The fourth-order valence-corrected chi connectivity index (χ4v) is 2.50. The SMILES string of the molecule is COC(=O)c1ccc(Sc2ccc(N)cc2)cc1C#N. The first-order valence-electron chi connectivity index (χ1n) is 5.80. The zero-order valence-electron chi connectivity index (χ0n) is 10.8. The number of nitriles is 1. The third kappa shape index (κ3) is 3.11. The van der Waals surface area contributed by atoms with Crippen LogP contribution in [0.3, 0.4) is 0 Å². The van der Waals surface area contributed by atoms with E-state index >= 15 is 0 Å². The predicted molar refractivity (Wildman–Crippen MR) is 77.5 cm³/mol. The van der Waals surface area contributed by atoms with E-state index in [0.29, 0.717) is 11.3 Å². The summed E-state index contributed by atoms with van der Waals surface area (Å²) in [6.45, 7) is 0. The van der Waals surface area contributed by atoms with Crippen molar-refractivity contribution in [3.63, 3.8) is 0 Å². The maximum absolute atomic E-state index is 11.5. The molecule has 0 fully saturated rings. The van der Waals surface area contributed by atoms with Crippen LogP contribution < -0.4 is 5.73 Å². The number of esters is 1. The molecule has 2 aromatic carbocycles. The Bertz CT molecular complexity index is 675. The van der Waals surface area contributed by atoms with Crippen molar-refractivity contribution in [1.82, 2.24) is 0 Å². The molecule has 0 aliphatic rings. The van der Waals surface area contributed by atoms with Crippen molar-refractivity contribution < 1.29 is 9.53 Å². The highest BCUT2D eigenvalue weighted by Crippen LogP contribution is 2.29. The third-order valence-electron chi connectivity index (χ3n) is 2.63. The Kier molecular flexibility index (Phi) is 4.28. The van der Waals surface area contributed by atoms with Crippen molar-refractivity contribution in [2.45, 2.75) is 9.79 Å². The molecule has 0 aliphatic carbocycles. The molecule has 0 saturated carbocycles. The maximum Gasteiger partial charge on any atom is 0.339 e. The smallest absolute Gasteiger partial charge is 0.339 e. The number of anilines is 1. The van der Waals surface area contributed by atoms with Gasteiger partial charge in [-0.3, -0.25) is 0 Å². The van der Waals surface area contributed by atoms with Gasteiger partial charge in [0.15, 0.2) is 0 Å². The summed E-state index contributed by atoms with van der Waals surface area (Å²) in [5, 5.41) is 9.11. The molecule has 2 N–H and O–H groups in total. The summed E-state index contributed by atoms with van der Waals surface area (Å²) in [6.07, 6.45) is 0. The number of ether oxygens (including phenoxy) is 1. The molecule has 0 radical (unpaired) electrons. The highest BCUT2D eigenvalue weighted by atomic mass is 32.2. The van der Waals surface area contributed by atoms with Crippen LogP contribution in [0, 0.1) is 11.3 Å². The summed E-state index contributed by atoms with van der Waals surface area (Å²) in [5.74, 6) is -0.509. The average Bonchev–Trinajstić information content (AvgIpc) is 2.48. The number of rotatable bonds is 3. The van der Waals surface area contributed by atoms with Gasteiger partial charge < -0.3 is 10.5 Å². The molecule has 0 bridgehead atoms. The Labute approximate surface area is 121 Å². The highest BCUT2D eigenvalue weighted by Gasteiger charge is 2.12. The van der Waals surface area contributed by atoms with E-state index in [1.165, 1.54) is 18.9 Å². The second kappa shape index (κ2) is 6.13. The van der Waals surface area contributed by atoms with E-state index in [9.17, 15) is 4.79 Å². The second-order valence-corrected chi connectivity index (χ2v) is 5.13. The monoisotopic (exact) mass is 284 g/mol. The van der Waals surface area contributed by atoms with Gasteiger partial charge in [-0.2, -0.15) is 5.26 Å². The Morgan fingerprint density at radius 1 is 1.20 bits per heavy atom. The number of carbonyl (C=O) groups is 1. The van der Waals surface area contributed by atoms with Gasteiger partial charge in [0.05, 0.1) is 18.2 Å². The standard InChI is InChI=1S/C15H12N2O2S/c1-19-15(18)14-7-6-13(8-10(14)9-16)20-12-4-2-11(17)3-5-12/h2-8H,17H2,1H3. The summed E-state index contributed by atoms with van der Waals surface area (Å²) in [6, 6.07) is 14.5. The molecule has 0 spiro atoms. The molecule has 0 heterocycles. The topological polar surface area (TPSA) is 76.1 Å². The van der Waals surface area contributed by atoms with E-state index in [1.54, 1.807) is 18.2 Å². The Morgan fingerprint density at radius 2 is 1.85 bits per heavy atom. The van der Waals surface area contributed by atoms with E-state index in [0.717, 1.165) is 9.79 Å². The van der Waals surface area contributed by atoms with Crippen molar-refractivity contribution in [2.24, 2.45) is 0 Å². The van der Waals surface area contributed by atoms with Gasteiger partial charge in [-0.15, -0.1) is 0 Å². The van der Waals surface area contributed by atoms with Crippen LogP contribution in [-0.4, -0.2) is 13.1 Å². The van der Waals surface area contributed by atoms with E-state index in [4.69, 9.17) is 11.0 Å². The van der Waals surface area contributed by atoms with Gasteiger partial charge >= 0.3 is 5.97 Å². The largest absolute Gasteiger partial charge is 0.465 e. The Balaban J connectivity index is 2.28. The number of benzene rings is 2. The Morgan fingerprint density at radius 3 is 2.45 bits per heavy atom. The first-order chi connectivity index (χ1) is 9.63. The number of nitrogen functional groups attached to an aromatic ring is 1. The molecular formula is C15H12N2O2S. The van der Waals surface area contributed by atoms with Crippen molar-refractivity contribution in [2.75, 3.05) is 12.8 Å². The van der Waals surface area contributed by atoms with E-state index in [2.05, 4.69) is 4.74 Å². The molecule has 100 valence electrons. The molecule has 2 rings (SSSR count). The number of nitrogens with two attached hydrogens (primary N) is 1. The molecule has 0 atom stereocenters. The molecule has 0 amide bonds. The number of hydrogen-bond donors (Lipinski definition) is 1. The summed E-state index contributed by atoms with van der Waals surface area (Å²) >= 11 is 1.50. The van der Waals surface area contributed by atoms with Gasteiger partial charge in [0.2, 0.25) is 0 Å². The summed E-state index contributed by atoms with van der Waals surface area (Å²) in [5.41, 5.74) is 6.91. The van der Waals surface area contributed by atoms with Crippen LogP contribution in [0.25, 0.3) is 0 Å². The fourth-order valence-electron chi connectivity index (χ4n) is 1.64. The van der Waals surface area contributed by atoms with Crippen LogP contribution in [0.15, 0.2) is 52.3 Å².